The molecule has 6 nitrogen and oxygen atoms in total. The van der Waals surface area contributed by atoms with Crippen molar-refractivity contribution in [2.24, 2.45) is 17.6 Å². The Morgan fingerprint density at radius 2 is 2.30 bits per heavy atom. The molecular weight excluding hydrogens is 258 g/mol. The number of carbonyl (C=O) groups is 1. The molecule has 6 heteroatoms. The Morgan fingerprint density at radius 3 is 3.10 bits per heavy atom. The standard InChI is InChI=1S/C14H21N3O3/c1-19-8-12-5-13(16-20-12)14(18)17-6-9-2-3-11(15)4-10(9)7-17/h5,9-11H,2-4,6-8,15H2,1H3/t9-,10+,11?/m1/s1. The molecule has 20 heavy (non-hydrogen) atoms. The van der Waals surface area contributed by atoms with Crippen molar-refractivity contribution in [1.29, 1.82) is 0 Å². The lowest BCUT2D eigenvalue weighted by atomic mass is 9.79. The summed E-state index contributed by atoms with van der Waals surface area (Å²) in [5.41, 5.74) is 6.39. The van der Waals surface area contributed by atoms with Gasteiger partial charge in [0.25, 0.3) is 5.91 Å². The number of hydrogen-bond donors (Lipinski definition) is 1. The quantitative estimate of drug-likeness (QED) is 0.893. The molecule has 3 rings (SSSR count). The summed E-state index contributed by atoms with van der Waals surface area (Å²) in [5, 5.41) is 3.84. The number of likely N-dealkylation sites (tertiary alicyclic amines) is 1. The van der Waals surface area contributed by atoms with E-state index in [0.717, 1.165) is 32.4 Å². The van der Waals surface area contributed by atoms with E-state index in [4.69, 9.17) is 15.0 Å². The van der Waals surface area contributed by atoms with Crippen LogP contribution in [0.15, 0.2) is 10.6 Å². The maximum absolute atomic E-state index is 12.4. The second kappa shape index (κ2) is 5.54. The molecule has 2 fully saturated rings. The van der Waals surface area contributed by atoms with Crippen molar-refractivity contribution in [3.05, 3.63) is 17.5 Å². The Bertz CT molecular complexity index is 488. The predicted molar refractivity (Wildman–Crippen MR) is 71.9 cm³/mol. The van der Waals surface area contributed by atoms with Crippen molar-refractivity contribution in [2.45, 2.75) is 31.9 Å². The fraction of sp³-hybridized carbons (Fsp3) is 0.714. The monoisotopic (exact) mass is 279 g/mol. The van der Waals surface area contributed by atoms with Gasteiger partial charge in [-0.2, -0.15) is 0 Å². The van der Waals surface area contributed by atoms with Crippen molar-refractivity contribution in [3.63, 3.8) is 0 Å². The van der Waals surface area contributed by atoms with Crippen LogP contribution in [0.4, 0.5) is 0 Å². The number of fused-ring (bicyclic) bond motifs is 1. The van der Waals surface area contributed by atoms with Crippen LogP contribution in [0.5, 0.6) is 0 Å². The predicted octanol–water partition coefficient (Wildman–Crippen LogP) is 1.02. The summed E-state index contributed by atoms with van der Waals surface area (Å²) < 4.78 is 10.0. The van der Waals surface area contributed by atoms with Gasteiger partial charge in [-0.25, -0.2) is 0 Å². The van der Waals surface area contributed by atoms with E-state index >= 15 is 0 Å². The molecule has 1 unspecified atom stereocenters. The SMILES string of the molecule is COCc1cc(C(=O)N2C[C@H]3CCC(N)C[C@H]3C2)no1. The van der Waals surface area contributed by atoms with Crippen LogP contribution < -0.4 is 5.73 Å². The molecule has 1 aromatic heterocycles. The third-order valence-corrected chi connectivity index (χ3v) is 4.44. The Morgan fingerprint density at radius 1 is 1.50 bits per heavy atom. The minimum atomic E-state index is -0.0425. The molecule has 0 radical (unpaired) electrons. The Kier molecular flexibility index (Phi) is 3.76. The Balaban J connectivity index is 1.65. The van der Waals surface area contributed by atoms with Gasteiger partial charge in [-0.3, -0.25) is 4.79 Å². The lowest BCUT2D eigenvalue weighted by Crippen LogP contribution is -2.32. The molecule has 0 bridgehead atoms. The number of carbonyl (C=O) groups excluding carboxylic acids is 1. The van der Waals surface area contributed by atoms with E-state index in [1.807, 2.05) is 4.90 Å². The highest BCUT2D eigenvalue weighted by atomic mass is 16.5. The molecule has 1 aliphatic heterocycles. The van der Waals surface area contributed by atoms with E-state index in [9.17, 15) is 4.79 Å². The minimum Gasteiger partial charge on any atom is -0.377 e. The zero-order chi connectivity index (χ0) is 14.1. The van der Waals surface area contributed by atoms with E-state index in [1.165, 1.54) is 0 Å². The van der Waals surface area contributed by atoms with Crippen molar-refractivity contribution >= 4 is 5.91 Å². The normalized spacial score (nSPS) is 29.5. The average molecular weight is 279 g/mol. The van der Waals surface area contributed by atoms with Gasteiger partial charge >= 0.3 is 0 Å². The van der Waals surface area contributed by atoms with Gasteiger partial charge < -0.3 is 19.9 Å². The molecule has 110 valence electrons. The summed E-state index contributed by atoms with van der Waals surface area (Å²) in [4.78, 5) is 14.3. The number of methoxy groups -OCH3 is 1. The molecule has 1 saturated heterocycles. The topological polar surface area (TPSA) is 81.6 Å². The van der Waals surface area contributed by atoms with Crippen LogP contribution in [-0.2, 0) is 11.3 Å². The zero-order valence-electron chi connectivity index (χ0n) is 11.7. The van der Waals surface area contributed by atoms with Gasteiger partial charge in [0.05, 0.1) is 0 Å². The molecular formula is C14H21N3O3. The summed E-state index contributed by atoms with van der Waals surface area (Å²) in [6.07, 6.45) is 3.23. The van der Waals surface area contributed by atoms with E-state index in [1.54, 1.807) is 13.2 Å². The molecule has 0 aromatic carbocycles. The Labute approximate surface area is 118 Å². The molecule has 3 atom stereocenters. The number of amides is 1. The van der Waals surface area contributed by atoms with Gasteiger partial charge in [0.1, 0.15) is 6.61 Å². The molecule has 1 aliphatic carbocycles. The number of nitrogens with two attached hydrogens (primary N) is 1. The van der Waals surface area contributed by atoms with Crippen molar-refractivity contribution in [1.82, 2.24) is 10.1 Å². The lowest BCUT2D eigenvalue weighted by Gasteiger charge is -2.27. The highest BCUT2D eigenvalue weighted by molar-refractivity contribution is 5.92. The van der Waals surface area contributed by atoms with Crippen LogP contribution >= 0.6 is 0 Å². The number of ether oxygens (including phenoxy) is 1. The largest absolute Gasteiger partial charge is 0.377 e. The van der Waals surface area contributed by atoms with Gasteiger partial charge in [0.2, 0.25) is 0 Å². The maximum Gasteiger partial charge on any atom is 0.276 e. The number of rotatable bonds is 3. The second-order valence-electron chi connectivity index (χ2n) is 5.91. The van der Waals surface area contributed by atoms with Crippen molar-refractivity contribution in [2.75, 3.05) is 20.2 Å². The minimum absolute atomic E-state index is 0.0425. The summed E-state index contributed by atoms with van der Waals surface area (Å²) in [7, 11) is 1.58. The smallest absolute Gasteiger partial charge is 0.276 e. The number of hydrogen-bond acceptors (Lipinski definition) is 5. The number of nitrogens with zero attached hydrogens (tertiary/aromatic N) is 2. The van der Waals surface area contributed by atoms with Gasteiger partial charge in [-0.05, 0) is 31.1 Å². The maximum atomic E-state index is 12.4. The van der Waals surface area contributed by atoms with E-state index in [0.29, 0.717) is 35.9 Å². The van der Waals surface area contributed by atoms with E-state index in [-0.39, 0.29) is 5.91 Å². The van der Waals surface area contributed by atoms with Gasteiger partial charge in [0, 0.05) is 32.3 Å². The van der Waals surface area contributed by atoms with Gasteiger partial charge in [-0.1, -0.05) is 5.16 Å². The zero-order valence-corrected chi connectivity index (χ0v) is 11.7. The summed E-state index contributed by atoms with van der Waals surface area (Å²) in [5.74, 6) is 1.69. The molecule has 2 heterocycles. The first-order valence-corrected chi connectivity index (χ1v) is 7.16. The Hall–Kier alpha value is -1.40. The molecule has 0 spiro atoms. The van der Waals surface area contributed by atoms with Crippen LogP contribution in [0.1, 0.15) is 35.5 Å². The first-order valence-electron chi connectivity index (χ1n) is 7.16. The molecule has 1 aromatic rings. The molecule has 1 amide bonds. The summed E-state index contributed by atoms with van der Waals surface area (Å²) in [6, 6.07) is 1.96. The van der Waals surface area contributed by atoms with Gasteiger partial charge in [-0.15, -0.1) is 0 Å². The average Bonchev–Trinajstić information content (AvgIpc) is 3.04. The van der Waals surface area contributed by atoms with Crippen LogP contribution in [-0.4, -0.2) is 42.2 Å². The van der Waals surface area contributed by atoms with Crippen molar-refractivity contribution < 1.29 is 14.1 Å². The first kappa shape index (κ1) is 13.6. The van der Waals surface area contributed by atoms with Crippen LogP contribution in [0, 0.1) is 11.8 Å². The highest BCUT2D eigenvalue weighted by Crippen LogP contribution is 2.36. The fourth-order valence-corrected chi connectivity index (χ4v) is 3.42. The second-order valence-corrected chi connectivity index (χ2v) is 5.91. The first-order chi connectivity index (χ1) is 9.67. The van der Waals surface area contributed by atoms with Crippen molar-refractivity contribution in [3.8, 4) is 0 Å². The third kappa shape index (κ3) is 2.58. The van der Waals surface area contributed by atoms with E-state index in [2.05, 4.69) is 5.16 Å². The van der Waals surface area contributed by atoms with Crippen LogP contribution in [0.2, 0.25) is 0 Å². The third-order valence-electron chi connectivity index (χ3n) is 4.44. The summed E-state index contributed by atoms with van der Waals surface area (Å²) in [6.45, 7) is 1.95. The number of aromatic nitrogens is 1. The van der Waals surface area contributed by atoms with E-state index < -0.39 is 0 Å². The fourth-order valence-electron chi connectivity index (χ4n) is 3.42. The van der Waals surface area contributed by atoms with Crippen LogP contribution in [0.25, 0.3) is 0 Å². The molecule has 2 aliphatic rings. The van der Waals surface area contributed by atoms with Crippen LogP contribution in [0.3, 0.4) is 0 Å². The molecule has 1 saturated carbocycles. The lowest BCUT2D eigenvalue weighted by molar-refractivity contribution is 0.0773. The summed E-state index contributed by atoms with van der Waals surface area (Å²) >= 11 is 0. The molecule has 2 N–H and O–H groups in total. The van der Waals surface area contributed by atoms with Gasteiger partial charge in [0.15, 0.2) is 11.5 Å². The highest BCUT2D eigenvalue weighted by Gasteiger charge is 2.39.